The number of amides is 1. The minimum absolute atomic E-state index is 0.0831. The molecule has 98 valence electrons. The third kappa shape index (κ3) is 3.58. The van der Waals surface area contributed by atoms with Crippen molar-refractivity contribution >= 4 is 17.6 Å². The van der Waals surface area contributed by atoms with Crippen LogP contribution in [0.4, 0.5) is 5.69 Å². The Labute approximate surface area is 107 Å². The Balaban J connectivity index is 2.89. The van der Waals surface area contributed by atoms with Crippen molar-refractivity contribution in [2.45, 2.75) is 27.2 Å². The van der Waals surface area contributed by atoms with Crippen molar-refractivity contribution in [1.29, 1.82) is 0 Å². The zero-order valence-corrected chi connectivity index (χ0v) is 11.0. The van der Waals surface area contributed by atoms with Gasteiger partial charge in [0.05, 0.1) is 17.9 Å². The summed E-state index contributed by atoms with van der Waals surface area (Å²) in [5.41, 5.74) is 0.886. The van der Waals surface area contributed by atoms with Crippen molar-refractivity contribution in [3.05, 3.63) is 29.8 Å². The number of carbonyl (C=O) groups is 2. The second-order valence-corrected chi connectivity index (χ2v) is 4.06. The first-order valence-electron chi connectivity index (χ1n) is 6.17. The zero-order valence-electron chi connectivity index (χ0n) is 11.0. The number of rotatable bonds is 5. The van der Waals surface area contributed by atoms with Crippen LogP contribution >= 0.6 is 0 Å². The smallest absolute Gasteiger partial charge is 0.340 e. The van der Waals surface area contributed by atoms with Crippen molar-refractivity contribution < 1.29 is 14.3 Å². The Morgan fingerprint density at radius 3 is 2.56 bits per heavy atom. The lowest BCUT2D eigenvalue weighted by Gasteiger charge is -2.13. The summed E-state index contributed by atoms with van der Waals surface area (Å²) in [6.45, 7) is 5.86. The van der Waals surface area contributed by atoms with Gasteiger partial charge in [-0.1, -0.05) is 26.0 Å². The minimum Gasteiger partial charge on any atom is -0.462 e. The summed E-state index contributed by atoms with van der Waals surface area (Å²) in [6.07, 6.45) is 0.757. The van der Waals surface area contributed by atoms with Crippen LogP contribution < -0.4 is 5.32 Å². The Hall–Kier alpha value is -1.84. The van der Waals surface area contributed by atoms with Crippen molar-refractivity contribution in [2.75, 3.05) is 11.9 Å². The van der Waals surface area contributed by atoms with Crippen LogP contribution in [0.1, 0.15) is 37.6 Å². The highest BCUT2D eigenvalue weighted by Crippen LogP contribution is 2.17. The van der Waals surface area contributed by atoms with Gasteiger partial charge < -0.3 is 10.1 Å². The molecule has 0 aromatic heterocycles. The molecule has 1 atom stereocenters. The van der Waals surface area contributed by atoms with Gasteiger partial charge in [-0.25, -0.2) is 4.79 Å². The first-order valence-corrected chi connectivity index (χ1v) is 6.17. The second kappa shape index (κ2) is 6.79. The van der Waals surface area contributed by atoms with Gasteiger partial charge in [-0.3, -0.25) is 4.79 Å². The summed E-state index contributed by atoms with van der Waals surface area (Å²) in [6, 6.07) is 6.86. The monoisotopic (exact) mass is 249 g/mol. The van der Waals surface area contributed by atoms with Gasteiger partial charge in [0, 0.05) is 5.92 Å². The van der Waals surface area contributed by atoms with Crippen LogP contribution in [-0.4, -0.2) is 18.5 Å². The van der Waals surface area contributed by atoms with E-state index in [4.69, 9.17) is 4.74 Å². The number of hydrogen-bond acceptors (Lipinski definition) is 3. The fourth-order valence-corrected chi connectivity index (χ4v) is 1.42. The molecule has 1 aromatic carbocycles. The molecule has 0 bridgehead atoms. The van der Waals surface area contributed by atoms with E-state index in [1.54, 1.807) is 31.2 Å². The molecule has 1 N–H and O–H groups in total. The van der Waals surface area contributed by atoms with Gasteiger partial charge in [0.1, 0.15) is 0 Å². The number of carbonyl (C=O) groups excluding carboxylic acids is 2. The third-order valence-corrected chi connectivity index (χ3v) is 2.74. The molecule has 0 radical (unpaired) electrons. The number of anilines is 1. The molecule has 4 nitrogen and oxygen atoms in total. The van der Waals surface area contributed by atoms with Crippen LogP contribution in [0.15, 0.2) is 24.3 Å². The Bertz CT molecular complexity index is 429. The minimum atomic E-state index is -0.419. The molecule has 0 aliphatic carbocycles. The van der Waals surface area contributed by atoms with Gasteiger partial charge in [-0.2, -0.15) is 0 Å². The molecular formula is C14H19NO3. The predicted molar refractivity (Wildman–Crippen MR) is 70.5 cm³/mol. The molecule has 1 amide bonds. The fourth-order valence-electron chi connectivity index (χ4n) is 1.42. The van der Waals surface area contributed by atoms with E-state index >= 15 is 0 Å². The molecule has 1 rings (SSSR count). The van der Waals surface area contributed by atoms with Crippen molar-refractivity contribution in [3.8, 4) is 0 Å². The summed E-state index contributed by atoms with van der Waals surface area (Å²) in [7, 11) is 0. The topological polar surface area (TPSA) is 55.4 Å². The Morgan fingerprint density at radius 2 is 1.94 bits per heavy atom. The lowest BCUT2D eigenvalue weighted by Crippen LogP contribution is -2.21. The van der Waals surface area contributed by atoms with Gasteiger partial charge in [0.2, 0.25) is 5.91 Å². The Kier molecular flexibility index (Phi) is 5.36. The van der Waals surface area contributed by atoms with Crippen molar-refractivity contribution in [1.82, 2.24) is 0 Å². The van der Waals surface area contributed by atoms with E-state index in [2.05, 4.69) is 5.32 Å². The summed E-state index contributed by atoms with van der Waals surface area (Å²) in [5, 5.41) is 2.76. The molecule has 0 aliphatic heterocycles. The normalized spacial score (nSPS) is 11.7. The lowest BCUT2D eigenvalue weighted by molar-refractivity contribution is -0.119. The SMILES string of the molecule is CCOC(=O)c1ccccc1NC(=O)C(C)CC. The van der Waals surface area contributed by atoms with E-state index in [9.17, 15) is 9.59 Å². The van der Waals surface area contributed by atoms with Crippen LogP contribution in [0.5, 0.6) is 0 Å². The number of hydrogen-bond donors (Lipinski definition) is 1. The molecule has 0 spiro atoms. The first kappa shape index (κ1) is 14.2. The maximum atomic E-state index is 11.8. The molecular weight excluding hydrogens is 230 g/mol. The van der Waals surface area contributed by atoms with E-state index in [1.165, 1.54) is 0 Å². The van der Waals surface area contributed by atoms with Crippen molar-refractivity contribution in [2.24, 2.45) is 5.92 Å². The lowest BCUT2D eigenvalue weighted by atomic mass is 10.1. The van der Waals surface area contributed by atoms with Gasteiger partial charge in [-0.15, -0.1) is 0 Å². The van der Waals surface area contributed by atoms with E-state index < -0.39 is 5.97 Å². The highest BCUT2D eigenvalue weighted by Gasteiger charge is 2.16. The zero-order chi connectivity index (χ0) is 13.5. The summed E-state index contributed by atoms with van der Waals surface area (Å²) in [4.78, 5) is 23.5. The van der Waals surface area contributed by atoms with Gasteiger partial charge in [0.15, 0.2) is 0 Å². The molecule has 0 saturated heterocycles. The van der Waals surface area contributed by atoms with E-state index in [-0.39, 0.29) is 11.8 Å². The van der Waals surface area contributed by atoms with Crippen LogP contribution in [0.2, 0.25) is 0 Å². The highest BCUT2D eigenvalue weighted by atomic mass is 16.5. The maximum Gasteiger partial charge on any atom is 0.340 e. The maximum absolute atomic E-state index is 11.8. The van der Waals surface area contributed by atoms with Gasteiger partial charge in [-0.05, 0) is 25.5 Å². The molecule has 18 heavy (non-hydrogen) atoms. The number of nitrogens with one attached hydrogen (secondary N) is 1. The molecule has 1 aromatic rings. The molecule has 4 heteroatoms. The second-order valence-electron chi connectivity index (χ2n) is 4.06. The first-order chi connectivity index (χ1) is 8.60. The summed E-state index contributed by atoms with van der Waals surface area (Å²) >= 11 is 0. The molecule has 0 heterocycles. The number of esters is 1. The predicted octanol–water partition coefficient (Wildman–Crippen LogP) is 2.85. The summed E-state index contributed by atoms with van der Waals surface area (Å²) < 4.78 is 4.95. The average molecular weight is 249 g/mol. The molecule has 1 unspecified atom stereocenters. The van der Waals surface area contributed by atoms with Crippen LogP contribution in [0.3, 0.4) is 0 Å². The van der Waals surface area contributed by atoms with E-state index in [0.717, 1.165) is 6.42 Å². The van der Waals surface area contributed by atoms with Crippen LogP contribution in [-0.2, 0) is 9.53 Å². The average Bonchev–Trinajstić information content (AvgIpc) is 2.38. The highest BCUT2D eigenvalue weighted by molar-refractivity contribution is 6.01. The van der Waals surface area contributed by atoms with E-state index in [1.807, 2.05) is 13.8 Å². The number of benzene rings is 1. The van der Waals surface area contributed by atoms with Gasteiger partial charge >= 0.3 is 5.97 Å². The van der Waals surface area contributed by atoms with Crippen molar-refractivity contribution in [3.63, 3.8) is 0 Å². The largest absolute Gasteiger partial charge is 0.462 e. The molecule has 0 saturated carbocycles. The third-order valence-electron chi connectivity index (χ3n) is 2.74. The standard InChI is InChI=1S/C14H19NO3/c1-4-10(3)13(16)15-12-9-7-6-8-11(12)14(17)18-5-2/h6-10H,4-5H2,1-3H3,(H,15,16). The fraction of sp³-hybridized carbons (Fsp3) is 0.429. The van der Waals surface area contributed by atoms with Crippen LogP contribution in [0, 0.1) is 5.92 Å². The summed E-state index contributed by atoms with van der Waals surface area (Å²) in [5.74, 6) is -0.591. The number of ether oxygens (including phenoxy) is 1. The number of para-hydroxylation sites is 1. The molecule has 0 aliphatic rings. The Morgan fingerprint density at radius 1 is 1.28 bits per heavy atom. The molecule has 0 fully saturated rings. The van der Waals surface area contributed by atoms with Crippen LogP contribution in [0.25, 0.3) is 0 Å². The quantitative estimate of drug-likeness (QED) is 0.816. The van der Waals surface area contributed by atoms with Gasteiger partial charge in [0.25, 0.3) is 0 Å². The van der Waals surface area contributed by atoms with E-state index in [0.29, 0.717) is 17.9 Å².